The molecule has 3 aromatic rings. The minimum atomic E-state index is 0.548. The Labute approximate surface area is 126 Å². The summed E-state index contributed by atoms with van der Waals surface area (Å²) in [6.45, 7) is 1.92. The number of allylic oxidation sites excluding steroid dienone is 1. The van der Waals surface area contributed by atoms with Gasteiger partial charge >= 0.3 is 0 Å². The number of nitrogens with zero attached hydrogens (tertiary/aromatic N) is 3. The van der Waals surface area contributed by atoms with E-state index in [-0.39, 0.29) is 0 Å². The van der Waals surface area contributed by atoms with Crippen LogP contribution < -0.4 is 0 Å². The quantitative estimate of drug-likeness (QED) is 0.744. The molecule has 2 heterocycles. The molecule has 0 radical (unpaired) electrons. The average molecular weight is 292 g/mol. The van der Waals surface area contributed by atoms with Gasteiger partial charge in [0.2, 0.25) is 0 Å². The summed E-state index contributed by atoms with van der Waals surface area (Å²) in [7, 11) is 0. The highest BCUT2D eigenvalue weighted by atomic mass is 32.1. The minimum absolute atomic E-state index is 0.548. The molecular weight excluding hydrogens is 280 g/mol. The summed E-state index contributed by atoms with van der Waals surface area (Å²) in [5.41, 5.74) is 4.29. The second-order valence-corrected chi connectivity index (χ2v) is 5.39. The molecule has 0 saturated heterocycles. The number of aryl methyl sites for hydroxylation is 1. The topological polar surface area (TPSA) is 65.4 Å². The monoisotopic (exact) mass is 292 g/mol. The Kier molecular flexibility index (Phi) is 3.63. The maximum absolute atomic E-state index is 9.37. The van der Waals surface area contributed by atoms with Gasteiger partial charge in [-0.2, -0.15) is 10.4 Å². The number of thiazole rings is 1. The van der Waals surface area contributed by atoms with Crippen LogP contribution in [-0.2, 0) is 0 Å². The number of nitrogens with one attached hydrogen (secondary N) is 1. The average Bonchev–Trinajstić information content (AvgIpc) is 3.14. The molecule has 0 aliphatic carbocycles. The fourth-order valence-corrected chi connectivity index (χ4v) is 2.78. The highest BCUT2D eigenvalue weighted by molar-refractivity contribution is 7.11. The van der Waals surface area contributed by atoms with Crippen LogP contribution in [0.1, 0.15) is 16.3 Å². The molecule has 21 heavy (non-hydrogen) atoms. The van der Waals surface area contributed by atoms with Gasteiger partial charge in [-0.15, -0.1) is 11.3 Å². The van der Waals surface area contributed by atoms with Crippen LogP contribution in [0.25, 0.3) is 22.9 Å². The van der Waals surface area contributed by atoms with E-state index < -0.39 is 0 Å². The molecular formula is C16H12N4S. The number of benzene rings is 1. The van der Waals surface area contributed by atoms with Crippen molar-refractivity contribution >= 4 is 23.0 Å². The van der Waals surface area contributed by atoms with Crippen LogP contribution in [0.15, 0.2) is 41.9 Å². The Bertz CT molecular complexity index is 821. The molecule has 2 aromatic heterocycles. The van der Waals surface area contributed by atoms with Crippen LogP contribution in [0.4, 0.5) is 0 Å². The van der Waals surface area contributed by atoms with Crippen molar-refractivity contribution < 1.29 is 0 Å². The number of rotatable bonds is 3. The molecule has 0 amide bonds. The lowest BCUT2D eigenvalue weighted by molar-refractivity contribution is 1.10. The van der Waals surface area contributed by atoms with Gasteiger partial charge in [0.25, 0.3) is 0 Å². The highest BCUT2D eigenvalue weighted by Gasteiger charge is 2.10. The summed E-state index contributed by atoms with van der Waals surface area (Å²) in [4.78, 5) is 4.36. The Morgan fingerprint density at radius 2 is 2.14 bits per heavy atom. The van der Waals surface area contributed by atoms with Crippen LogP contribution in [-0.4, -0.2) is 15.2 Å². The van der Waals surface area contributed by atoms with Crippen LogP contribution in [0.5, 0.6) is 0 Å². The summed E-state index contributed by atoms with van der Waals surface area (Å²) in [6.07, 6.45) is 3.55. The Balaban J connectivity index is 2.04. The van der Waals surface area contributed by atoms with E-state index in [1.807, 2.05) is 48.7 Å². The van der Waals surface area contributed by atoms with Crippen molar-refractivity contribution in [3.63, 3.8) is 0 Å². The smallest absolute Gasteiger partial charge is 0.134 e. The number of aromatic nitrogens is 3. The van der Waals surface area contributed by atoms with Gasteiger partial charge in [-0.05, 0) is 13.0 Å². The molecule has 3 rings (SSSR count). The molecule has 0 aliphatic heterocycles. The number of aromatic amines is 1. The lowest BCUT2D eigenvalue weighted by Crippen LogP contribution is -1.84. The Morgan fingerprint density at radius 1 is 1.33 bits per heavy atom. The Hall–Kier alpha value is -2.71. The van der Waals surface area contributed by atoms with E-state index in [9.17, 15) is 5.26 Å². The van der Waals surface area contributed by atoms with Crippen LogP contribution in [0, 0.1) is 18.3 Å². The van der Waals surface area contributed by atoms with Gasteiger partial charge < -0.3 is 0 Å². The largest absolute Gasteiger partial charge is 0.277 e. The molecule has 0 atom stereocenters. The molecule has 1 N–H and O–H groups in total. The van der Waals surface area contributed by atoms with Crippen molar-refractivity contribution in [2.45, 2.75) is 6.92 Å². The normalized spacial score (nSPS) is 11.3. The van der Waals surface area contributed by atoms with Gasteiger partial charge in [-0.1, -0.05) is 30.3 Å². The van der Waals surface area contributed by atoms with Crippen molar-refractivity contribution in [3.05, 3.63) is 58.2 Å². The third-order valence-corrected chi connectivity index (χ3v) is 3.99. The molecule has 0 aliphatic rings. The predicted octanol–water partition coefficient (Wildman–Crippen LogP) is 3.91. The number of hydrogen-bond donors (Lipinski definition) is 1. The van der Waals surface area contributed by atoms with Gasteiger partial charge in [-0.25, -0.2) is 4.98 Å². The zero-order valence-corrected chi connectivity index (χ0v) is 12.2. The molecule has 0 unspecified atom stereocenters. The summed E-state index contributed by atoms with van der Waals surface area (Å²) >= 11 is 1.47. The van der Waals surface area contributed by atoms with E-state index in [1.54, 1.807) is 6.20 Å². The molecule has 0 bridgehead atoms. The van der Waals surface area contributed by atoms with Gasteiger partial charge in [0, 0.05) is 22.2 Å². The standard InChI is InChI=1S/C16H12N4S/c1-11-10-21-16(19-11)13(8-17)7-14-9-18-20-15(14)12-5-3-2-4-6-12/h2-7,9-10H,1H3,(H,18,20)/b13-7+. The van der Waals surface area contributed by atoms with E-state index in [1.165, 1.54) is 11.3 Å². The van der Waals surface area contributed by atoms with Gasteiger partial charge in [0.05, 0.1) is 17.5 Å². The molecule has 4 nitrogen and oxygen atoms in total. The SMILES string of the molecule is Cc1csc(/C(C#N)=C/c2cn[nH]c2-c2ccccc2)n1. The van der Waals surface area contributed by atoms with Gasteiger partial charge in [-0.3, -0.25) is 5.10 Å². The Morgan fingerprint density at radius 3 is 2.81 bits per heavy atom. The van der Waals surface area contributed by atoms with Gasteiger partial charge in [0.15, 0.2) is 0 Å². The molecule has 5 heteroatoms. The lowest BCUT2D eigenvalue weighted by Gasteiger charge is -1.99. The fourth-order valence-electron chi connectivity index (χ4n) is 2.02. The van der Waals surface area contributed by atoms with E-state index in [2.05, 4.69) is 21.3 Å². The fraction of sp³-hybridized carbons (Fsp3) is 0.0625. The molecule has 1 aromatic carbocycles. The number of nitriles is 1. The summed E-state index contributed by atoms with van der Waals surface area (Å²) in [5, 5.41) is 19.1. The first kappa shape index (κ1) is 13.3. The molecule has 0 fully saturated rings. The van der Waals surface area contributed by atoms with Crippen LogP contribution in [0.3, 0.4) is 0 Å². The first-order valence-electron chi connectivity index (χ1n) is 6.41. The summed E-state index contributed by atoms with van der Waals surface area (Å²) < 4.78 is 0. The first-order valence-corrected chi connectivity index (χ1v) is 7.29. The minimum Gasteiger partial charge on any atom is -0.277 e. The zero-order valence-electron chi connectivity index (χ0n) is 11.4. The second kappa shape index (κ2) is 5.73. The number of hydrogen-bond acceptors (Lipinski definition) is 4. The third kappa shape index (κ3) is 2.76. The number of H-pyrrole nitrogens is 1. The van der Waals surface area contributed by atoms with E-state index in [0.717, 1.165) is 27.5 Å². The summed E-state index contributed by atoms with van der Waals surface area (Å²) in [6, 6.07) is 12.1. The van der Waals surface area contributed by atoms with Crippen molar-refractivity contribution in [1.29, 1.82) is 5.26 Å². The zero-order chi connectivity index (χ0) is 14.7. The predicted molar refractivity (Wildman–Crippen MR) is 84.4 cm³/mol. The molecule has 0 saturated carbocycles. The third-order valence-electron chi connectivity index (χ3n) is 3.00. The van der Waals surface area contributed by atoms with Crippen molar-refractivity contribution in [3.8, 4) is 17.3 Å². The molecule has 102 valence electrons. The van der Waals surface area contributed by atoms with Crippen LogP contribution >= 0.6 is 11.3 Å². The maximum atomic E-state index is 9.37. The maximum Gasteiger partial charge on any atom is 0.134 e. The second-order valence-electron chi connectivity index (χ2n) is 4.53. The van der Waals surface area contributed by atoms with Gasteiger partial charge in [0.1, 0.15) is 11.1 Å². The first-order chi connectivity index (χ1) is 10.3. The summed E-state index contributed by atoms with van der Waals surface area (Å²) in [5.74, 6) is 0. The van der Waals surface area contributed by atoms with E-state index in [4.69, 9.17) is 0 Å². The van der Waals surface area contributed by atoms with E-state index >= 15 is 0 Å². The van der Waals surface area contributed by atoms with E-state index in [0.29, 0.717) is 5.57 Å². The van der Waals surface area contributed by atoms with Crippen LogP contribution in [0.2, 0.25) is 0 Å². The van der Waals surface area contributed by atoms with Crippen molar-refractivity contribution in [2.75, 3.05) is 0 Å². The molecule has 0 spiro atoms. The van der Waals surface area contributed by atoms with Crippen molar-refractivity contribution in [2.24, 2.45) is 0 Å². The lowest BCUT2D eigenvalue weighted by atomic mass is 10.1. The highest BCUT2D eigenvalue weighted by Crippen LogP contribution is 2.26. The van der Waals surface area contributed by atoms with Crippen molar-refractivity contribution in [1.82, 2.24) is 15.2 Å².